The van der Waals surface area contributed by atoms with E-state index < -0.39 is 0 Å². The number of nitrogens with one attached hydrogen (secondary N) is 3. The molecule has 1 aliphatic rings. The van der Waals surface area contributed by atoms with Gasteiger partial charge in [-0.15, -0.1) is 0 Å². The summed E-state index contributed by atoms with van der Waals surface area (Å²) in [7, 11) is 3.87. The minimum atomic E-state index is -0.207. The van der Waals surface area contributed by atoms with Crippen molar-refractivity contribution in [3.8, 4) is 0 Å². The summed E-state index contributed by atoms with van der Waals surface area (Å²) in [5, 5.41) is 9.40. The molecule has 0 radical (unpaired) electrons. The van der Waals surface area contributed by atoms with Gasteiger partial charge in [-0.3, -0.25) is 14.5 Å². The highest BCUT2D eigenvalue weighted by molar-refractivity contribution is 6.09. The maximum absolute atomic E-state index is 13.3. The minimum Gasteiger partial charge on any atom is -0.384 e. The van der Waals surface area contributed by atoms with Crippen molar-refractivity contribution >= 4 is 34.6 Å². The number of carbonyl (C=O) groups excluding carboxylic acids is 2. The molecule has 3 aromatic carbocycles. The second-order valence-electron chi connectivity index (χ2n) is 9.66. The highest BCUT2D eigenvalue weighted by Gasteiger charge is 2.15. The number of anilines is 4. The Morgan fingerprint density at radius 3 is 2.47 bits per heavy atom. The van der Waals surface area contributed by atoms with Crippen LogP contribution in [-0.2, 0) is 4.74 Å². The van der Waals surface area contributed by atoms with Crippen LogP contribution in [0.3, 0.4) is 0 Å². The van der Waals surface area contributed by atoms with Crippen LogP contribution < -0.4 is 20.9 Å². The van der Waals surface area contributed by atoms with Crippen LogP contribution in [0, 0.1) is 6.92 Å². The van der Waals surface area contributed by atoms with Crippen molar-refractivity contribution in [3.05, 3.63) is 83.4 Å². The van der Waals surface area contributed by atoms with Gasteiger partial charge in [0.1, 0.15) is 0 Å². The van der Waals surface area contributed by atoms with Gasteiger partial charge in [0.25, 0.3) is 11.8 Å². The topological polar surface area (TPSA) is 85.9 Å². The van der Waals surface area contributed by atoms with E-state index in [0.717, 1.165) is 62.8 Å². The summed E-state index contributed by atoms with van der Waals surface area (Å²) in [6.45, 7) is 7.24. The number of aryl methyl sites for hydroxylation is 1. The van der Waals surface area contributed by atoms with Gasteiger partial charge in [0.05, 0.1) is 18.8 Å². The van der Waals surface area contributed by atoms with E-state index in [4.69, 9.17) is 4.74 Å². The molecule has 1 saturated heterocycles. The standard InChI is InChI=1S/C30H37N5O3/c1-22-12-13-24(32-29(36)23-8-6-9-25(20-23)34(2)3)21-28(22)33-30(37)26-10-4-5-11-27(26)31-14-7-15-35-16-18-38-19-17-35/h4-6,8-13,20-21,31H,7,14-19H2,1-3H3,(H,32,36)(H,33,37). The number of amides is 2. The summed E-state index contributed by atoms with van der Waals surface area (Å²) >= 11 is 0. The summed E-state index contributed by atoms with van der Waals surface area (Å²) in [6.07, 6.45) is 0.980. The number of nitrogens with zero attached hydrogens (tertiary/aromatic N) is 2. The lowest BCUT2D eigenvalue weighted by atomic mass is 10.1. The normalized spacial score (nSPS) is 13.6. The zero-order chi connectivity index (χ0) is 26.9. The van der Waals surface area contributed by atoms with Crippen LogP contribution in [0.5, 0.6) is 0 Å². The highest BCUT2D eigenvalue weighted by Crippen LogP contribution is 2.24. The Bertz CT molecular complexity index is 1250. The Balaban J connectivity index is 1.38. The molecule has 1 aliphatic heterocycles. The van der Waals surface area contributed by atoms with Crippen LogP contribution in [-0.4, -0.2) is 70.2 Å². The number of hydrogen-bond acceptors (Lipinski definition) is 6. The average Bonchev–Trinajstić information content (AvgIpc) is 2.93. The van der Waals surface area contributed by atoms with E-state index in [1.54, 1.807) is 12.1 Å². The molecule has 0 spiro atoms. The fourth-order valence-corrected chi connectivity index (χ4v) is 4.34. The Labute approximate surface area is 225 Å². The lowest BCUT2D eigenvalue weighted by Crippen LogP contribution is -2.37. The number of hydrogen-bond donors (Lipinski definition) is 3. The molecule has 3 N–H and O–H groups in total. The van der Waals surface area contributed by atoms with Crippen molar-refractivity contribution in [3.63, 3.8) is 0 Å². The van der Waals surface area contributed by atoms with E-state index in [1.165, 1.54) is 0 Å². The van der Waals surface area contributed by atoms with Crippen molar-refractivity contribution < 1.29 is 14.3 Å². The van der Waals surface area contributed by atoms with Gasteiger partial charge in [0.2, 0.25) is 0 Å². The molecule has 0 aliphatic carbocycles. The quantitative estimate of drug-likeness (QED) is 0.340. The van der Waals surface area contributed by atoms with Gasteiger partial charge in [-0.25, -0.2) is 0 Å². The Kier molecular flexibility index (Phi) is 9.35. The van der Waals surface area contributed by atoms with Gasteiger partial charge >= 0.3 is 0 Å². The van der Waals surface area contributed by atoms with Crippen molar-refractivity contribution in [2.75, 3.05) is 74.3 Å². The predicted octanol–water partition coefficient (Wildman–Crippen LogP) is 4.70. The van der Waals surface area contributed by atoms with Crippen LogP contribution >= 0.6 is 0 Å². The van der Waals surface area contributed by atoms with E-state index in [-0.39, 0.29) is 11.8 Å². The van der Waals surface area contributed by atoms with Crippen molar-refractivity contribution in [2.45, 2.75) is 13.3 Å². The first-order valence-electron chi connectivity index (χ1n) is 13.0. The van der Waals surface area contributed by atoms with Gasteiger partial charge in [0, 0.05) is 62.0 Å². The minimum absolute atomic E-state index is 0.202. The number of ether oxygens (including phenoxy) is 1. The van der Waals surface area contributed by atoms with Crippen LogP contribution in [0.15, 0.2) is 66.7 Å². The van der Waals surface area contributed by atoms with Crippen LogP contribution in [0.4, 0.5) is 22.7 Å². The maximum Gasteiger partial charge on any atom is 0.257 e. The molecular weight excluding hydrogens is 478 g/mol. The Hall–Kier alpha value is -3.88. The molecule has 8 heteroatoms. The summed E-state index contributed by atoms with van der Waals surface area (Å²) in [4.78, 5) is 30.5. The molecule has 200 valence electrons. The number of rotatable bonds is 10. The van der Waals surface area contributed by atoms with Crippen LogP contribution in [0.25, 0.3) is 0 Å². The Morgan fingerprint density at radius 1 is 0.895 bits per heavy atom. The first-order valence-corrected chi connectivity index (χ1v) is 13.0. The smallest absolute Gasteiger partial charge is 0.257 e. The first kappa shape index (κ1) is 27.2. The van der Waals surface area contributed by atoms with Crippen molar-refractivity contribution in [2.24, 2.45) is 0 Å². The molecule has 2 amide bonds. The molecule has 8 nitrogen and oxygen atoms in total. The Morgan fingerprint density at radius 2 is 1.68 bits per heavy atom. The lowest BCUT2D eigenvalue weighted by Gasteiger charge is -2.26. The molecule has 0 unspecified atom stereocenters. The molecule has 0 bridgehead atoms. The van der Waals surface area contributed by atoms with E-state index in [1.807, 2.05) is 80.5 Å². The zero-order valence-corrected chi connectivity index (χ0v) is 22.4. The van der Waals surface area contributed by atoms with Crippen LogP contribution in [0.1, 0.15) is 32.7 Å². The summed E-state index contributed by atoms with van der Waals surface area (Å²) in [5.74, 6) is -0.409. The molecule has 1 fully saturated rings. The lowest BCUT2D eigenvalue weighted by molar-refractivity contribution is 0.0378. The monoisotopic (exact) mass is 515 g/mol. The molecule has 4 rings (SSSR count). The fourth-order valence-electron chi connectivity index (χ4n) is 4.34. The molecule has 0 atom stereocenters. The third kappa shape index (κ3) is 7.34. The van der Waals surface area contributed by atoms with E-state index in [9.17, 15) is 9.59 Å². The predicted molar refractivity (Wildman–Crippen MR) is 155 cm³/mol. The zero-order valence-electron chi connectivity index (χ0n) is 22.4. The average molecular weight is 516 g/mol. The van der Waals surface area contributed by atoms with Gasteiger partial charge in [-0.05, 0) is 67.9 Å². The second-order valence-corrected chi connectivity index (χ2v) is 9.66. The fraction of sp³-hybridized carbons (Fsp3) is 0.333. The van der Waals surface area contributed by atoms with Gasteiger partial charge in [-0.2, -0.15) is 0 Å². The molecule has 3 aromatic rings. The van der Waals surface area contributed by atoms with Gasteiger partial charge < -0.3 is 25.6 Å². The largest absolute Gasteiger partial charge is 0.384 e. The van der Waals surface area contributed by atoms with Crippen molar-refractivity contribution in [1.82, 2.24) is 4.90 Å². The summed E-state index contributed by atoms with van der Waals surface area (Å²) in [6, 6.07) is 20.5. The number of carbonyl (C=O) groups is 2. The van der Waals surface area contributed by atoms with E-state index in [2.05, 4.69) is 20.9 Å². The molecule has 38 heavy (non-hydrogen) atoms. The summed E-state index contributed by atoms with van der Waals surface area (Å²) in [5.41, 5.74) is 5.06. The number of morpholine rings is 1. The second kappa shape index (κ2) is 13.1. The highest BCUT2D eigenvalue weighted by atomic mass is 16.5. The molecule has 0 saturated carbocycles. The third-order valence-corrected chi connectivity index (χ3v) is 6.61. The van der Waals surface area contributed by atoms with Gasteiger partial charge in [-0.1, -0.05) is 24.3 Å². The van der Waals surface area contributed by atoms with E-state index in [0.29, 0.717) is 22.5 Å². The number of benzene rings is 3. The van der Waals surface area contributed by atoms with Crippen LogP contribution in [0.2, 0.25) is 0 Å². The first-order chi connectivity index (χ1) is 18.4. The molecule has 0 aromatic heterocycles. The van der Waals surface area contributed by atoms with Crippen molar-refractivity contribution in [1.29, 1.82) is 0 Å². The van der Waals surface area contributed by atoms with Gasteiger partial charge in [0.15, 0.2) is 0 Å². The number of para-hydroxylation sites is 1. The molecular formula is C30H37N5O3. The summed E-state index contributed by atoms with van der Waals surface area (Å²) < 4.78 is 5.41. The van der Waals surface area contributed by atoms with E-state index >= 15 is 0 Å². The SMILES string of the molecule is Cc1ccc(NC(=O)c2cccc(N(C)C)c2)cc1NC(=O)c1ccccc1NCCCN1CCOCC1. The maximum atomic E-state index is 13.3. The third-order valence-electron chi connectivity index (χ3n) is 6.61. The molecule has 1 heterocycles.